The maximum absolute atomic E-state index is 8.52. The molecular formula is C45H44Cl2O2SiZr. The van der Waals surface area contributed by atoms with Gasteiger partial charge >= 0.3 is 318 Å². The van der Waals surface area contributed by atoms with Gasteiger partial charge in [-0.15, -0.1) is 0 Å². The minimum absolute atomic E-state index is 0.103. The molecule has 2 nitrogen and oxygen atoms in total. The second-order valence-corrected chi connectivity index (χ2v) is 36.3. The van der Waals surface area contributed by atoms with Gasteiger partial charge in [-0.3, -0.25) is 0 Å². The first-order chi connectivity index (χ1) is 24.7. The van der Waals surface area contributed by atoms with Gasteiger partial charge in [0.15, 0.2) is 0 Å². The van der Waals surface area contributed by atoms with Crippen molar-refractivity contribution in [2.75, 3.05) is 14.2 Å². The molecule has 3 aromatic rings. The van der Waals surface area contributed by atoms with Crippen molar-refractivity contribution in [3.05, 3.63) is 190 Å². The number of hydrogen-bond donors (Lipinski definition) is 0. The SMILES string of the molecule is COc1ccc(C2C=CC=CC3=C2C=C(C)[C]32[Si](C)(CCc3ccccc3)[C]3(C(C)=CC4=C3C=CC=CC4c3ccc(OC)cc3)[Zr]2([Cl])[Cl])cc1. The number of halogens is 2. The summed E-state index contributed by atoms with van der Waals surface area (Å²) < 4.78 is 10.4. The quantitative estimate of drug-likeness (QED) is 0.221. The van der Waals surface area contributed by atoms with Crippen LogP contribution in [0.15, 0.2) is 173 Å². The van der Waals surface area contributed by atoms with E-state index in [2.05, 4.69) is 160 Å². The van der Waals surface area contributed by atoms with Gasteiger partial charge < -0.3 is 0 Å². The van der Waals surface area contributed by atoms with E-state index in [1.165, 1.54) is 50.1 Å². The predicted molar refractivity (Wildman–Crippen MR) is 213 cm³/mol. The zero-order valence-electron chi connectivity index (χ0n) is 29.9. The molecule has 2 spiro atoms. The molecule has 8 rings (SSSR count). The van der Waals surface area contributed by atoms with Crippen molar-refractivity contribution in [3.8, 4) is 11.5 Å². The van der Waals surface area contributed by atoms with Crippen LogP contribution in [0.4, 0.5) is 0 Å². The van der Waals surface area contributed by atoms with Crippen LogP contribution in [0.5, 0.6) is 11.5 Å². The average Bonchev–Trinajstić information content (AvgIpc) is 3.43. The third-order valence-corrected chi connectivity index (χ3v) is 49.5. The summed E-state index contributed by atoms with van der Waals surface area (Å²) in [6.45, 7) is 7.37. The normalized spacial score (nSPS) is 29.8. The number of allylic oxidation sites excluding steroid dienone is 16. The molecule has 0 saturated carbocycles. The molecule has 4 aliphatic carbocycles. The molecule has 258 valence electrons. The van der Waals surface area contributed by atoms with E-state index in [1.54, 1.807) is 14.2 Å². The summed E-state index contributed by atoms with van der Waals surface area (Å²) in [6, 6.07) is 29.2. The fourth-order valence-corrected chi connectivity index (χ4v) is 60.5. The van der Waals surface area contributed by atoms with E-state index in [-0.39, 0.29) is 17.3 Å². The van der Waals surface area contributed by atoms with E-state index >= 15 is 0 Å². The predicted octanol–water partition coefficient (Wildman–Crippen LogP) is 12.5. The summed E-state index contributed by atoms with van der Waals surface area (Å²) in [5, 5.41) is 0. The fourth-order valence-electron chi connectivity index (χ4n) is 10.6. The van der Waals surface area contributed by atoms with Crippen LogP contribution < -0.4 is 9.47 Å². The maximum atomic E-state index is 8.52. The molecule has 1 fully saturated rings. The van der Waals surface area contributed by atoms with Crippen molar-refractivity contribution < 1.29 is 27.4 Å². The van der Waals surface area contributed by atoms with Gasteiger partial charge in [0.05, 0.1) is 0 Å². The van der Waals surface area contributed by atoms with Crippen LogP contribution in [0.2, 0.25) is 18.1 Å². The third kappa shape index (κ3) is 4.75. The van der Waals surface area contributed by atoms with Gasteiger partial charge in [0.2, 0.25) is 0 Å². The monoisotopic (exact) mass is 804 g/mol. The number of benzene rings is 3. The van der Waals surface area contributed by atoms with Gasteiger partial charge in [0, 0.05) is 0 Å². The Morgan fingerprint density at radius 1 is 0.647 bits per heavy atom. The van der Waals surface area contributed by atoms with Crippen LogP contribution in [0, 0.1) is 0 Å². The Morgan fingerprint density at radius 3 is 1.53 bits per heavy atom. The Balaban J connectivity index is 1.34. The molecular weight excluding hydrogens is 763 g/mol. The number of ether oxygens (including phenoxy) is 2. The first-order valence-electron chi connectivity index (χ1n) is 17.9. The van der Waals surface area contributed by atoms with Gasteiger partial charge in [-0.2, -0.15) is 0 Å². The summed E-state index contributed by atoms with van der Waals surface area (Å²) in [4.78, 5) is 0. The second kappa shape index (κ2) is 13.1. The topological polar surface area (TPSA) is 18.5 Å². The molecule has 0 bridgehead atoms. The Labute approximate surface area is 315 Å². The van der Waals surface area contributed by atoms with E-state index in [0.29, 0.717) is 0 Å². The van der Waals surface area contributed by atoms with Crippen LogP contribution in [0.3, 0.4) is 0 Å². The molecule has 0 N–H and O–H groups in total. The molecule has 6 heteroatoms. The van der Waals surface area contributed by atoms with Crippen molar-refractivity contribution >= 4 is 25.1 Å². The summed E-state index contributed by atoms with van der Waals surface area (Å²) in [5.74, 6) is 1.93. The molecule has 1 saturated heterocycles. The van der Waals surface area contributed by atoms with Gasteiger partial charge in [-0.1, -0.05) is 0 Å². The van der Waals surface area contributed by atoms with Crippen LogP contribution in [0.25, 0.3) is 0 Å². The van der Waals surface area contributed by atoms with E-state index in [9.17, 15) is 0 Å². The Kier molecular flexibility index (Phi) is 8.94. The van der Waals surface area contributed by atoms with Crippen LogP contribution in [0.1, 0.15) is 42.4 Å². The molecule has 0 aromatic heterocycles. The van der Waals surface area contributed by atoms with Crippen LogP contribution in [-0.4, -0.2) is 22.3 Å². The van der Waals surface area contributed by atoms with Gasteiger partial charge in [-0.25, -0.2) is 0 Å². The fraction of sp³-hybridized carbons (Fsp3) is 0.244. The zero-order valence-corrected chi connectivity index (χ0v) is 34.9. The second-order valence-electron chi connectivity index (χ2n) is 14.8. The Morgan fingerprint density at radius 2 is 1.10 bits per heavy atom. The zero-order chi connectivity index (χ0) is 35.6. The summed E-state index contributed by atoms with van der Waals surface area (Å²) >= 11 is -4.38. The van der Waals surface area contributed by atoms with Crippen molar-refractivity contribution in [2.24, 2.45) is 0 Å². The summed E-state index contributed by atoms with van der Waals surface area (Å²) in [6.07, 6.45) is 24.3. The van der Waals surface area contributed by atoms with Crippen molar-refractivity contribution in [2.45, 2.75) is 50.2 Å². The number of fused-ring (bicyclic) bond motifs is 2. The van der Waals surface area contributed by atoms with Gasteiger partial charge in [-0.05, 0) is 0 Å². The standard InChI is InChI=1S/C45H44O2Si.2ClH.Zr/c1-31-29-42-38(34-19-23-36(46-3)24-20-34)15-9-11-17-40(42)44(31)48(5,28-27-33-13-7-6-8-14-33)45-32(2)30-43-39(16-10-12-18-41(43)45)35-21-25-37(47-4)26-22-35;;;/h6-26,29-30,38-39H,27-28H2,1-5H3;2*1H;/q;;;+2/p-2. The van der Waals surface area contributed by atoms with Crippen LogP contribution in [-0.2, 0) is 24.3 Å². The van der Waals surface area contributed by atoms with Crippen molar-refractivity contribution in [1.82, 2.24) is 0 Å². The number of methoxy groups -OCH3 is 2. The summed E-state index contributed by atoms with van der Waals surface area (Å²) in [7, 11) is 17.9. The minimum atomic E-state index is -4.38. The first kappa shape index (κ1) is 34.9. The molecule has 51 heavy (non-hydrogen) atoms. The summed E-state index contributed by atoms with van der Waals surface area (Å²) in [5.41, 5.74) is 12.1. The van der Waals surface area contributed by atoms with Gasteiger partial charge in [0.1, 0.15) is 0 Å². The molecule has 5 aliphatic rings. The third-order valence-electron chi connectivity index (χ3n) is 12.7. The van der Waals surface area contributed by atoms with E-state index in [1.807, 2.05) is 0 Å². The molecule has 1 aliphatic heterocycles. The molecule has 4 atom stereocenters. The van der Waals surface area contributed by atoms with Crippen LogP contribution >= 0.6 is 17.0 Å². The molecule has 0 amide bonds. The van der Waals surface area contributed by atoms with E-state index in [0.717, 1.165) is 24.0 Å². The molecule has 1 heterocycles. The van der Waals surface area contributed by atoms with Crippen molar-refractivity contribution in [3.63, 3.8) is 0 Å². The number of aryl methyl sites for hydroxylation is 1. The number of rotatable bonds is 7. The van der Waals surface area contributed by atoms with E-state index in [4.69, 9.17) is 26.5 Å². The first-order valence-corrected chi connectivity index (χ1v) is 29.4. The average molecular weight is 807 g/mol. The van der Waals surface area contributed by atoms with Crippen molar-refractivity contribution in [1.29, 1.82) is 0 Å². The Bertz CT molecular complexity index is 2010. The van der Waals surface area contributed by atoms with Gasteiger partial charge in [0.25, 0.3) is 0 Å². The molecule has 4 unspecified atom stereocenters. The molecule has 0 radical (unpaired) electrons. The number of hydrogen-bond acceptors (Lipinski definition) is 2. The van der Waals surface area contributed by atoms with E-state index < -0.39 is 26.0 Å². The Hall–Kier alpha value is -3.14. The molecule has 3 aromatic carbocycles.